The fraction of sp³-hybridized carbons (Fsp3) is 0.833. The van der Waals surface area contributed by atoms with E-state index in [9.17, 15) is 9.90 Å². The molecule has 0 aliphatic carbocycles. The van der Waals surface area contributed by atoms with Crippen LogP contribution in [-0.2, 0) is 4.79 Å². The van der Waals surface area contributed by atoms with Gasteiger partial charge in [0, 0.05) is 0 Å². The summed E-state index contributed by atoms with van der Waals surface area (Å²) in [6.45, 7) is -1.61. The molecule has 0 aliphatic heterocycles. The van der Waals surface area contributed by atoms with E-state index in [0.29, 0.717) is 0 Å². The van der Waals surface area contributed by atoms with Crippen LogP contribution < -0.4 is 0 Å². The van der Waals surface area contributed by atoms with Crippen molar-refractivity contribution in [3.63, 3.8) is 0 Å². The molecule has 0 amide bonds. The van der Waals surface area contributed by atoms with Crippen LogP contribution in [0, 0.1) is 0 Å². The molecule has 0 aromatic carbocycles. The van der Waals surface area contributed by atoms with Gasteiger partial charge in [0.1, 0.15) is 25.7 Å². The minimum absolute atomic E-state index is 1.61. The monoisotopic (exact) mass is 188 g/mol. The van der Waals surface area contributed by atoms with Crippen molar-refractivity contribution in [2.45, 2.75) is 24.3 Å². The summed E-state index contributed by atoms with van der Waals surface area (Å²) in [5, 5.41) is 29.0. The van der Waals surface area contributed by atoms with Crippen molar-refractivity contribution in [2.75, 3.05) is 6.61 Å². The van der Waals surface area contributed by atoms with E-state index in [-0.39, 0.29) is 0 Å². The van der Waals surface area contributed by atoms with Gasteiger partial charge in [-0.25, -0.2) is 0 Å². The summed E-state index contributed by atoms with van der Waals surface area (Å²) in [4.78, 5) is 11.0. The second kappa shape index (κ2) is 5.18. The standard InChI is InChI=1S/C6H12O6/c7-1-3(9)5(11)6(12)4(10)2-8/h1,3-6,8-12H,2H2/t3-,4-,5-,6-/m1/s1/i1D,3D,4D,5D,6D,9D,11D,12D. The van der Waals surface area contributed by atoms with Gasteiger partial charge in [0.2, 0.25) is 4.29 Å². The van der Waals surface area contributed by atoms with Gasteiger partial charge in [-0.2, -0.15) is 0 Å². The van der Waals surface area contributed by atoms with Gasteiger partial charge in [0.15, 0.2) is 6.26 Å². The zero-order valence-corrected chi connectivity index (χ0v) is 5.73. The molecule has 0 fully saturated rings. The Labute approximate surface area is 80.2 Å². The normalized spacial score (nSPS) is 40.8. The minimum atomic E-state index is -3.85. The first-order chi connectivity index (χ1) is 8.94. The highest BCUT2D eigenvalue weighted by atomic mass is 16.4. The maximum atomic E-state index is 11.0. The zero-order chi connectivity index (χ0) is 16.4. The van der Waals surface area contributed by atoms with Crippen molar-refractivity contribution in [2.24, 2.45) is 0 Å². The molecule has 6 nitrogen and oxygen atoms in total. The number of hydrogen-bond acceptors (Lipinski definition) is 6. The molecule has 0 bridgehead atoms. The van der Waals surface area contributed by atoms with Crippen LogP contribution in [0.25, 0.3) is 0 Å². The minimum Gasteiger partial charge on any atom is -0.394 e. The molecule has 0 rings (SSSR count). The van der Waals surface area contributed by atoms with Crippen molar-refractivity contribution >= 4 is 6.26 Å². The van der Waals surface area contributed by atoms with Crippen molar-refractivity contribution < 1.29 is 37.2 Å². The Balaban J connectivity index is 6.27. The smallest absolute Gasteiger partial charge is 0.211 e. The SMILES string of the molecule is [2H]O[C@@]([2H])([C@]([2H])(O[2H])[C@]([2H])(O[2H])C([2H])=O)[C@]([2H])(O)CO. The molecule has 0 saturated carbocycles. The highest BCUT2D eigenvalue weighted by Crippen LogP contribution is 2.02. The topological polar surface area (TPSA) is 118 Å². The number of rotatable bonds is 8. The molecule has 0 saturated heterocycles. The van der Waals surface area contributed by atoms with E-state index in [0.717, 1.165) is 0 Å². The molecular weight excluding hydrogens is 168 g/mol. The molecule has 0 radical (unpaired) electrons. The summed E-state index contributed by atoms with van der Waals surface area (Å²) in [5.74, 6) is 0. The Morgan fingerprint density at radius 3 is 2.50 bits per heavy atom. The molecule has 0 unspecified atom stereocenters. The van der Waals surface area contributed by atoms with Gasteiger partial charge in [-0.05, 0) is 0 Å². The van der Waals surface area contributed by atoms with E-state index in [4.69, 9.17) is 16.3 Å². The highest BCUT2D eigenvalue weighted by molar-refractivity contribution is 5.56. The zero-order valence-electron chi connectivity index (χ0n) is 13.7. The molecule has 4 atom stereocenters. The number of hydrogen-bond donors (Lipinski definition) is 5. The van der Waals surface area contributed by atoms with Crippen LogP contribution in [0.3, 0.4) is 0 Å². The van der Waals surface area contributed by atoms with Gasteiger partial charge in [0.25, 0.3) is 0 Å². The Morgan fingerprint density at radius 2 is 2.17 bits per heavy atom. The number of carbonyl (C=O) groups is 1. The lowest BCUT2D eigenvalue weighted by molar-refractivity contribution is -0.136. The average Bonchev–Trinajstić information content (AvgIpc) is 2.43. The predicted octanol–water partition coefficient (Wildman–Crippen LogP) is -3.38. The van der Waals surface area contributed by atoms with Crippen LogP contribution in [0.4, 0.5) is 0 Å². The quantitative estimate of drug-likeness (QED) is 0.254. The van der Waals surface area contributed by atoms with Gasteiger partial charge in [-0.1, -0.05) is 0 Å². The summed E-state index contributed by atoms with van der Waals surface area (Å²) in [5.41, 5.74) is 0. The van der Waals surface area contributed by atoms with Crippen molar-refractivity contribution in [1.29, 1.82) is 4.29 Å². The van der Waals surface area contributed by atoms with E-state index >= 15 is 0 Å². The van der Waals surface area contributed by atoms with Gasteiger partial charge < -0.3 is 30.3 Å². The van der Waals surface area contributed by atoms with E-state index in [1.807, 2.05) is 0 Å². The van der Waals surface area contributed by atoms with Crippen LogP contribution in [0.15, 0.2) is 0 Å². The first-order valence-corrected chi connectivity index (χ1v) is 2.71. The Kier molecular flexibility index (Phi) is 1.59. The fourth-order valence-electron chi connectivity index (χ4n) is 0.352. The van der Waals surface area contributed by atoms with Gasteiger partial charge in [0.05, 0.1) is 12.1 Å². The third-order valence-electron chi connectivity index (χ3n) is 0.917. The van der Waals surface area contributed by atoms with Gasteiger partial charge in [-0.15, -0.1) is 0 Å². The molecule has 5 N–H and O–H groups in total. The van der Waals surface area contributed by atoms with E-state index in [1.54, 1.807) is 0 Å². The molecule has 72 valence electrons. The number of carbonyl (C=O) groups excluding carboxylic acids is 1. The van der Waals surface area contributed by atoms with Crippen LogP contribution >= 0.6 is 0 Å². The van der Waals surface area contributed by atoms with Crippen molar-refractivity contribution in [3.8, 4) is 0 Å². The Bertz CT molecular complexity index is 369. The molecule has 6 heteroatoms. The van der Waals surface area contributed by atoms with E-state index < -0.39 is 37.2 Å². The lowest BCUT2D eigenvalue weighted by Gasteiger charge is -2.22. The highest BCUT2D eigenvalue weighted by Gasteiger charge is 2.29. The molecule has 0 heterocycles. The van der Waals surface area contributed by atoms with Gasteiger partial charge >= 0.3 is 0 Å². The number of aldehydes is 1. The molecule has 0 aromatic heterocycles. The van der Waals surface area contributed by atoms with Crippen molar-refractivity contribution in [3.05, 3.63) is 0 Å². The molecule has 0 spiro atoms. The average molecular weight is 188 g/mol. The molecular formula is C6H12O6. The number of aliphatic hydroxyl groups excluding tert-OH is 1. The van der Waals surface area contributed by atoms with Crippen LogP contribution in [0.2, 0.25) is 0 Å². The first-order valence-electron chi connectivity index (χ1n) is 6.43. The maximum Gasteiger partial charge on any atom is 0.211 e. The lowest BCUT2D eigenvalue weighted by Crippen LogP contribution is -2.46. The summed E-state index contributed by atoms with van der Waals surface area (Å²) < 4.78 is 56.2. The number of aliphatic hydroxyl groups is 5. The van der Waals surface area contributed by atoms with Crippen LogP contribution in [0.5, 0.6) is 0 Å². The Hall–Kier alpha value is -0.530. The lowest BCUT2D eigenvalue weighted by atomic mass is 10.0. The van der Waals surface area contributed by atoms with E-state index in [1.165, 1.54) is 0 Å². The van der Waals surface area contributed by atoms with Crippen LogP contribution in [-0.4, -0.2) is 67.0 Å². The van der Waals surface area contributed by atoms with Crippen LogP contribution in [0.1, 0.15) is 6.85 Å². The molecule has 0 aromatic rings. The molecule has 0 aliphatic rings. The summed E-state index contributed by atoms with van der Waals surface area (Å²) >= 11 is 0. The fourth-order valence-corrected chi connectivity index (χ4v) is 0.352. The van der Waals surface area contributed by atoms with Crippen molar-refractivity contribution in [1.82, 2.24) is 0 Å². The second-order valence-corrected chi connectivity index (χ2v) is 1.69. The summed E-state index contributed by atoms with van der Waals surface area (Å²) in [7, 11) is 0. The largest absolute Gasteiger partial charge is 0.394 e. The first kappa shape index (κ1) is 3.69. The summed E-state index contributed by atoms with van der Waals surface area (Å²) in [6.07, 6.45) is -17.0. The second-order valence-electron chi connectivity index (χ2n) is 1.69. The third-order valence-corrected chi connectivity index (χ3v) is 0.917. The summed E-state index contributed by atoms with van der Waals surface area (Å²) in [6, 6.07) is 0. The predicted molar refractivity (Wildman–Crippen MR) is 37.2 cm³/mol. The third kappa shape index (κ3) is 2.84. The van der Waals surface area contributed by atoms with Gasteiger partial charge in [-0.3, -0.25) is 0 Å². The molecule has 12 heavy (non-hydrogen) atoms. The van der Waals surface area contributed by atoms with E-state index in [2.05, 4.69) is 15.3 Å². The Morgan fingerprint density at radius 1 is 1.50 bits per heavy atom. The maximum absolute atomic E-state index is 11.0.